The molecule has 0 saturated heterocycles. The fraction of sp³-hybridized carbons (Fsp3) is 0.467. The van der Waals surface area contributed by atoms with Crippen LogP contribution < -0.4 is 10.1 Å². The topological polar surface area (TPSA) is 95.9 Å². The third kappa shape index (κ3) is 5.83. The van der Waals surface area contributed by atoms with Gasteiger partial charge in [-0.3, -0.25) is 4.79 Å². The lowest BCUT2D eigenvalue weighted by atomic mass is 10.0. The lowest BCUT2D eigenvalue weighted by molar-refractivity contribution is -0.147. The average molecular weight is 295 g/mol. The van der Waals surface area contributed by atoms with Crippen LogP contribution >= 0.6 is 0 Å². The van der Waals surface area contributed by atoms with Gasteiger partial charge in [0, 0.05) is 13.0 Å². The van der Waals surface area contributed by atoms with E-state index in [1.165, 1.54) is 0 Å². The van der Waals surface area contributed by atoms with Crippen LogP contribution in [-0.4, -0.2) is 41.3 Å². The Hall–Kier alpha value is -2.08. The van der Waals surface area contributed by atoms with Gasteiger partial charge in [0.05, 0.1) is 0 Å². The Morgan fingerprint density at radius 3 is 2.57 bits per heavy atom. The van der Waals surface area contributed by atoms with Gasteiger partial charge >= 0.3 is 5.97 Å². The highest BCUT2D eigenvalue weighted by molar-refractivity contribution is 5.77. The molecule has 0 fully saturated rings. The summed E-state index contributed by atoms with van der Waals surface area (Å²) in [5, 5.41) is 20.1. The minimum Gasteiger partial charge on any atom is -0.483 e. The van der Waals surface area contributed by atoms with E-state index in [-0.39, 0.29) is 31.4 Å². The number of carbonyl (C=O) groups excluding carboxylic acids is 1. The van der Waals surface area contributed by atoms with Crippen LogP contribution in [0.25, 0.3) is 0 Å². The van der Waals surface area contributed by atoms with Crippen molar-refractivity contribution in [1.82, 2.24) is 5.32 Å². The van der Waals surface area contributed by atoms with E-state index in [0.29, 0.717) is 5.75 Å². The summed E-state index contributed by atoms with van der Waals surface area (Å²) in [7, 11) is 0. The van der Waals surface area contributed by atoms with Crippen LogP contribution in [0.4, 0.5) is 0 Å². The predicted molar refractivity (Wildman–Crippen MR) is 77.3 cm³/mol. The Morgan fingerprint density at radius 2 is 1.95 bits per heavy atom. The number of benzene rings is 1. The summed E-state index contributed by atoms with van der Waals surface area (Å²) in [6, 6.07) is 7.50. The lowest BCUT2D eigenvalue weighted by Gasteiger charge is -2.13. The van der Waals surface area contributed by atoms with Crippen LogP contribution in [0.2, 0.25) is 0 Å². The molecule has 1 atom stereocenters. The summed E-state index contributed by atoms with van der Waals surface area (Å²) >= 11 is 0. The van der Waals surface area contributed by atoms with Gasteiger partial charge in [-0.25, -0.2) is 4.79 Å². The van der Waals surface area contributed by atoms with Crippen LogP contribution in [0.5, 0.6) is 5.75 Å². The van der Waals surface area contributed by atoms with Crippen LogP contribution in [-0.2, 0) is 9.59 Å². The first-order chi connectivity index (χ1) is 9.91. The van der Waals surface area contributed by atoms with E-state index in [9.17, 15) is 9.59 Å². The Bertz CT molecular complexity index is 487. The summed E-state index contributed by atoms with van der Waals surface area (Å²) in [6.07, 6.45) is -1.50. The fourth-order valence-electron chi connectivity index (χ4n) is 1.76. The number of aliphatic carboxylic acids is 1. The molecule has 0 saturated carbocycles. The van der Waals surface area contributed by atoms with Crippen molar-refractivity contribution in [3.8, 4) is 5.75 Å². The highest BCUT2D eigenvalue weighted by Crippen LogP contribution is 2.25. The van der Waals surface area contributed by atoms with Crippen molar-refractivity contribution >= 4 is 11.9 Å². The third-order valence-electron chi connectivity index (χ3n) is 2.92. The normalized spacial score (nSPS) is 12.0. The quantitative estimate of drug-likeness (QED) is 0.668. The maximum atomic E-state index is 11.6. The molecule has 1 aromatic rings. The van der Waals surface area contributed by atoms with Crippen molar-refractivity contribution in [1.29, 1.82) is 0 Å². The summed E-state index contributed by atoms with van der Waals surface area (Å²) in [4.78, 5) is 22.0. The van der Waals surface area contributed by atoms with E-state index in [2.05, 4.69) is 5.32 Å². The Balaban J connectivity index is 2.38. The Morgan fingerprint density at radius 1 is 1.29 bits per heavy atom. The number of ether oxygens (including phenoxy) is 1. The molecule has 21 heavy (non-hydrogen) atoms. The molecule has 0 aliphatic carbocycles. The van der Waals surface area contributed by atoms with E-state index in [4.69, 9.17) is 14.9 Å². The molecular formula is C15H21NO5. The first-order valence-corrected chi connectivity index (χ1v) is 6.81. The zero-order valence-electron chi connectivity index (χ0n) is 12.2. The van der Waals surface area contributed by atoms with Gasteiger partial charge < -0.3 is 20.3 Å². The average Bonchev–Trinajstić information content (AvgIpc) is 2.45. The summed E-state index contributed by atoms with van der Waals surface area (Å²) in [6.45, 7) is 4.01. The number of hydrogen-bond donors (Lipinski definition) is 3. The summed E-state index contributed by atoms with van der Waals surface area (Å²) in [5.41, 5.74) is 1.02. The van der Waals surface area contributed by atoms with E-state index < -0.39 is 12.1 Å². The van der Waals surface area contributed by atoms with E-state index in [0.717, 1.165) is 5.56 Å². The predicted octanol–water partition coefficient (Wildman–Crippen LogP) is 1.14. The number of hydrogen-bond acceptors (Lipinski definition) is 4. The van der Waals surface area contributed by atoms with Crippen molar-refractivity contribution in [3.63, 3.8) is 0 Å². The Kier molecular flexibility index (Phi) is 6.68. The number of amides is 1. The molecule has 3 N–H and O–H groups in total. The second-order valence-electron chi connectivity index (χ2n) is 4.97. The number of carboxylic acids is 1. The molecule has 1 amide bonds. The number of carbonyl (C=O) groups is 2. The fourth-order valence-corrected chi connectivity index (χ4v) is 1.76. The molecule has 0 bridgehead atoms. The minimum absolute atomic E-state index is 0.0380. The smallest absolute Gasteiger partial charge is 0.332 e. The number of nitrogens with one attached hydrogen (secondary N) is 1. The molecule has 0 aromatic heterocycles. The standard InChI is InChI=1S/C15H21NO5/c1-10(2)11-5-3-4-6-13(11)21-9-14(18)16-8-7-12(17)15(19)20/h3-6,10,12,17H,7-9H2,1-2H3,(H,16,18)(H,19,20)/t12-/m0/s1. The molecule has 116 valence electrons. The lowest BCUT2D eigenvalue weighted by Crippen LogP contribution is -2.33. The van der Waals surface area contributed by atoms with Crippen molar-refractivity contribution in [2.24, 2.45) is 0 Å². The van der Waals surface area contributed by atoms with Crippen LogP contribution in [0.1, 0.15) is 31.7 Å². The maximum Gasteiger partial charge on any atom is 0.332 e. The minimum atomic E-state index is -1.46. The molecule has 0 unspecified atom stereocenters. The van der Waals surface area contributed by atoms with Gasteiger partial charge in [-0.05, 0) is 17.5 Å². The van der Waals surface area contributed by atoms with Gasteiger partial charge in [0.1, 0.15) is 5.75 Å². The van der Waals surface area contributed by atoms with Gasteiger partial charge in [-0.1, -0.05) is 32.0 Å². The maximum absolute atomic E-state index is 11.6. The zero-order chi connectivity index (χ0) is 15.8. The van der Waals surface area contributed by atoms with Gasteiger partial charge in [-0.15, -0.1) is 0 Å². The Labute approximate surface area is 123 Å². The van der Waals surface area contributed by atoms with E-state index in [1.807, 2.05) is 32.0 Å². The van der Waals surface area contributed by atoms with Crippen LogP contribution in [0, 0.1) is 0 Å². The third-order valence-corrected chi connectivity index (χ3v) is 2.92. The van der Waals surface area contributed by atoms with Gasteiger partial charge in [-0.2, -0.15) is 0 Å². The van der Waals surface area contributed by atoms with E-state index in [1.54, 1.807) is 6.07 Å². The molecule has 6 nitrogen and oxygen atoms in total. The molecule has 6 heteroatoms. The molecule has 0 spiro atoms. The number of para-hydroxylation sites is 1. The van der Waals surface area contributed by atoms with Gasteiger partial charge in [0.15, 0.2) is 12.7 Å². The van der Waals surface area contributed by atoms with Crippen molar-refractivity contribution in [2.45, 2.75) is 32.3 Å². The van der Waals surface area contributed by atoms with Gasteiger partial charge in [0.25, 0.3) is 5.91 Å². The van der Waals surface area contributed by atoms with Crippen LogP contribution in [0.15, 0.2) is 24.3 Å². The number of carboxylic acid groups (broad SMARTS) is 1. The zero-order valence-corrected chi connectivity index (χ0v) is 12.2. The first-order valence-electron chi connectivity index (χ1n) is 6.81. The second-order valence-corrected chi connectivity index (χ2v) is 4.97. The number of aliphatic hydroxyl groups excluding tert-OH is 1. The highest BCUT2D eigenvalue weighted by Gasteiger charge is 2.13. The molecular weight excluding hydrogens is 274 g/mol. The van der Waals surface area contributed by atoms with Crippen molar-refractivity contribution in [3.05, 3.63) is 29.8 Å². The molecule has 0 heterocycles. The van der Waals surface area contributed by atoms with Crippen LogP contribution in [0.3, 0.4) is 0 Å². The number of rotatable bonds is 8. The van der Waals surface area contributed by atoms with Crippen molar-refractivity contribution in [2.75, 3.05) is 13.2 Å². The number of aliphatic hydroxyl groups is 1. The molecule has 0 aliphatic heterocycles. The molecule has 0 aliphatic rings. The second kappa shape index (κ2) is 8.26. The largest absolute Gasteiger partial charge is 0.483 e. The molecule has 1 rings (SSSR count). The highest BCUT2D eigenvalue weighted by atomic mass is 16.5. The van der Waals surface area contributed by atoms with Crippen molar-refractivity contribution < 1.29 is 24.5 Å². The SMILES string of the molecule is CC(C)c1ccccc1OCC(=O)NCC[C@H](O)C(=O)O. The monoisotopic (exact) mass is 295 g/mol. The summed E-state index contributed by atoms with van der Waals surface area (Å²) in [5.74, 6) is -0.708. The first kappa shape index (κ1) is 17.0. The molecule has 1 aromatic carbocycles. The summed E-state index contributed by atoms with van der Waals surface area (Å²) < 4.78 is 5.47. The van der Waals surface area contributed by atoms with Gasteiger partial charge in [0.2, 0.25) is 0 Å². The van der Waals surface area contributed by atoms with E-state index >= 15 is 0 Å². The molecule has 0 radical (unpaired) electrons.